The lowest BCUT2D eigenvalue weighted by Gasteiger charge is -2.44. The maximum atomic E-state index is 14.1. The van der Waals surface area contributed by atoms with Gasteiger partial charge >= 0.3 is 131 Å². The van der Waals surface area contributed by atoms with Gasteiger partial charge in [-0.15, -0.1) is 0 Å². The van der Waals surface area contributed by atoms with Crippen molar-refractivity contribution in [3.8, 4) is 0 Å². The predicted octanol–water partition coefficient (Wildman–Crippen LogP) is 14.4. The van der Waals surface area contributed by atoms with Gasteiger partial charge in [-0.05, 0) is 0 Å². The molecule has 46 heteroatoms. The minimum Gasteiger partial charge on any atom is -0.465 e. The first-order valence-corrected chi connectivity index (χ1v) is 16.8. The van der Waals surface area contributed by atoms with E-state index >= 15 is 0 Å². The fraction of sp³-hybridized carbons (Fsp3) is 0.862. The molecule has 0 radical (unpaired) electrons. The van der Waals surface area contributed by atoms with Crippen molar-refractivity contribution in [1.82, 2.24) is 0 Å². The zero-order valence-corrected chi connectivity index (χ0v) is 33.3. The zero-order valence-electron chi connectivity index (χ0n) is 33.3. The molecule has 0 saturated heterocycles. The molecule has 0 aromatic heterocycles. The van der Waals surface area contributed by atoms with E-state index in [1.165, 1.54) is 0 Å². The summed E-state index contributed by atoms with van der Waals surface area (Å²) in [5.41, 5.74) is -1.94. The van der Waals surface area contributed by atoms with Crippen molar-refractivity contribution < 1.29 is 203 Å². The SMILES string of the molecule is C=C(CC(=O)OCCC(F)(F)C(F)(F)C(F)(F)C(F)(F)C(F)(F)C(F)(F)C(F)(F)C(F)(F)C(F)(F)C(F)(F)F)C(=O)OCCC(F)(F)C(F)(F)C(F)(F)C(F)(F)C(F)(F)C(F)(F)C(F)(F)C(F)(F)C(F)(F)C(F)(F)F. The van der Waals surface area contributed by atoms with Gasteiger partial charge in [0.2, 0.25) is 0 Å². The normalized spacial score (nSPS) is 16.3. The third kappa shape index (κ3) is 9.91. The van der Waals surface area contributed by atoms with Gasteiger partial charge in [0.25, 0.3) is 0 Å². The summed E-state index contributed by atoms with van der Waals surface area (Å²) in [5, 5.41) is 0. The predicted molar refractivity (Wildman–Crippen MR) is 146 cm³/mol. The fourth-order valence-corrected chi connectivity index (χ4v) is 4.46. The fourth-order valence-electron chi connectivity index (χ4n) is 4.46. The minimum atomic E-state index is -9.56. The molecule has 0 rings (SSSR count). The van der Waals surface area contributed by atoms with Crippen LogP contribution in [0.3, 0.4) is 0 Å². The summed E-state index contributed by atoms with van der Waals surface area (Å²) in [6.07, 6.45) is -26.1. The molecular weight excluding hydrogens is 1210 g/mol. The van der Waals surface area contributed by atoms with Crippen LogP contribution in [0.2, 0.25) is 0 Å². The second-order valence-corrected chi connectivity index (χ2v) is 14.2. The molecule has 0 fully saturated rings. The molecule has 0 aliphatic rings. The number of hydrogen-bond acceptors (Lipinski definition) is 4. The molecule has 0 bridgehead atoms. The van der Waals surface area contributed by atoms with Crippen molar-refractivity contribution in [3.05, 3.63) is 12.2 Å². The smallest absolute Gasteiger partial charge is 0.460 e. The van der Waals surface area contributed by atoms with Gasteiger partial charge < -0.3 is 9.47 Å². The van der Waals surface area contributed by atoms with Crippen LogP contribution in [-0.2, 0) is 19.1 Å². The number of ether oxygens (including phenoxy) is 2. The van der Waals surface area contributed by atoms with Crippen LogP contribution in [-0.4, -0.2) is 144 Å². The number of hydrogen-bond donors (Lipinski definition) is 0. The Hall–Kier alpha value is -4.26. The van der Waals surface area contributed by atoms with Gasteiger partial charge in [0.05, 0.1) is 32.5 Å². The van der Waals surface area contributed by atoms with Gasteiger partial charge in [0.1, 0.15) is 0 Å². The number of carbonyl (C=O) groups is 2. The maximum Gasteiger partial charge on any atom is 0.460 e. The molecular formula is C29H12F42O4. The average molecular weight is 1220 g/mol. The summed E-state index contributed by atoms with van der Waals surface area (Å²) >= 11 is 0. The zero-order chi connectivity index (χ0) is 61.7. The van der Waals surface area contributed by atoms with E-state index in [2.05, 4.69) is 16.1 Å². The van der Waals surface area contributed by atoms with Crippen LogP contribution in [0.4, 0.5) is 184 Å². The number of alkyl halides is 42. The first-order valence-electron chi connectivity index (χ1n) is 16.8. The number of rotatable bonds is 25. The third-order valence-corrected chi connectivity index (χ3v) is 9.13. The van der Waals surface area contributed by atoms with Crippen LogP contribution in [0, 0.1) is 0 Å². The molecule has 0 unspecified atom stereocenters. The van der Waals surface area contributed by atoms with E-state index in [1.54, 1.807) is 0 Å². The molecule has 0 N–H and O–H groups in total. The summed E-state index contributed by atoms with van der Waals surface area (Å²) in [4.78, 5) is 23.4. The maximum absolute atomic E-state index is 14.1. The highest BCUT2D eigenvalue weighted by atomic mass is 19.5. The highest BCUT2D eigenvalue weighted by Gasteiger charge is 3.00. The standard InChI is InChI=1S/C29H12F42O4/c1-7(9(73)75-5-3-11(32,33)13(36,37)15(40,41)17(44,45)19(48,49)21(52,53)23(56,57)25(60,61)27(64,65)29(69,70)71)6-8(72)74-4-2-10(30,31)12(34,35)14(38,39)16(42,43)18(46,47)20(50,51)22(54,55)24(58,59)26(62,63)28(66,67)68/h1-6H2. The third-order valence-electron chi connectivity index (χ3n) is 9.13. The van der Waals surface area contributed by atoms with E-state index in [1.807, 2.05) is 0 Å². The van der Waals surface area contributed by atoms with Crippen LogP contribution in [0.25, 0.3) is 0 Å². The van der Waals surface area contributed by atoms with E-state index < -0.39 is 169 Å². The Labute approximate surface area is 380 Å². The summed E-state index contributed by atoms with van der Waals surface area (Å²) in [5.74, 6) is -167. The molecule has 0 aromatic rings. The minimum absolute atomic E-state index is 1.94. The van der Waals surface area contributed by atoms with Gasteiger partial charge in [0.15, 0.2) is 0 Å². The molecule has 0 aliphatic carbocycles. The molecule has 0 atom stereocenters. The van der Waals surface area contributed by atoms with E-state index in [-0.39, 0.29) is 0 Å². The van der Waals surface area contributed by atoms with Gasteiger partial charge in [-0.1, -0.05) is 6.58 Å². The van der Waals surface area contributed by atoms with Crippen molar-refractivity contribution in [1.29, 1.82) is 0 Å². The Kier molecular flexibility index (Phi) is 17.9. The molecule has 0 heterocycles. The van der Waals surface area contributed by atoms with Crippen LogP contribution in [0.5, 0.6) is 0 Å². The van der Waals surface area contributed by atoms with Crippen LogP contribution < -0.4 is 0 Å². The first kappa shape index (κ1) is 70.7. The lowest BCUT2D eigenvalue weighted by atomic mass is 9.86. The van der Waals surface area contributed by atoms with Crippen LogP contribution in [0.15, 0.2) is 12.2 Å². The molecule has 0 aromatic carbocycles. The quantitative estimate of drug-likeness (QED) is 0.0519. The van der Waals surface area contributed by atoms with Crippen LogP contribution >= 0.6 is 0 Å². The summed E-state index contributed by atoms with van der Waals surface area (Å²) in [7, 11) is 0. The number of halogens is 42. The van der Waals surface area contributed by atoms with Gasteiger partial charge in [-0.2, -0.15) is 184 Å². The Morgan fingerprint density at radius 1 is 0.267 bits per heavy atom. The highest BCUT2D eigenvalue weighted by molar-refractivity contribution is 5.93. The van der Waals surface area contributed by atoms with Crippen molar-refractivity contribution >= 4 is 11.9 Å². The lowest BCUT2D eigenvalue weighted by Crippen LogP contribution is -2.76. The Bertz CT molecular complexity index is 2070. The summed E-state index contributed by atoms with van der Waals surface area (Å²) < 4.78 is 573. The summed E-state index contributed by atoms with van der Waals surface area (Å²) in [6.45, 7) is -3.43. The van der Waals surface area contributed by atoms with Crippen molar-refractivity contribution in [2.75, 3.05) is 13.2 Å². The average Bonchev–Trinajstić information content (AvgIpc) is 3.18. The van der Waals surface area contributed by atoms with Crippen molar-refractivity contribution in [2.45, 2.75) is 138 Å². The highest BCUT2D eigenvalue weighted by Crippen LogP contribution is 2.69. The molecule has 4 nitrogen and oxygen atoms in total. The first-order chi connectivity index (χ1) is 31.9. The van der Waals surface area contributed by atoms with Crippen molar-refractivity contribution in [3.63, 3.8) is 0 Å². The Balaban J connectivity index is 6.29. The monoisotopic (exact) mass is 1220 g/mol. The van der Waals surface area contributed by atoms with Gasteiger partial charge in [-0.3, -0.25) is 4.79 Å². The summed E-state index contributed by atoms with van der Waals surface area (Å²) in [6, 6.07) is 0. The second-order valence-electron chi connectivity index (χ2n) is 14.2. The Morgan fingerprint density at radius 2 is 0.440 bits per heavy atom. The Morgan fingerprint density at radius 3 is 0.640 bits per heavy atom. The lowest BCUT2D eigenvalue weighted by molar-refractivity contribution is -0.474. The van der Waals surface area contributed by atoms with Crippen LogP contribution in [0.1, 0.15) is 19.3 Å². The molecule has 0 amide bonds. The molecule has 0 spiro atoms. The van der Waals surface area contributed by atoms with E-state index in [4.69, 9.17) is 0 Å². The van der Waals surface area contributed by atoms with E-state index in [0.29, 0.717) is 0 Å². The second kappa shape index (κ2) is 19.0. The molecule has 0 saturated carbocycles. The van der Waals surface area contributed by atoms with Crippen molar-refractivity contribution in [2.24, 2.45) is 0 Å². The van der Waals surface area contributed by atoms with Gasteiger partial charge in [0, 0.05) is 5.57 Å². The molecule has 0 aliphatic heterocycles. The topological polar surface area (TPSA) is 52.6 Å². The van der Waals surface area contributed by atoms with Gasteiger partial charge in [-0.25, -0.2) is 4.79 Å². The van der Waals surface area contributed by atoms with E-state index in [0.717, 1.165) is 0 Å². The number of esters is 2. The largest absolute Gasteiger partial charge is 0.465 e. The number of carbonyl (C=O) groups excluding carboxylic acids is 2. The van der Waals surface area contributed by atoms with E-state index in [9.17, 15) is 194 Å². The molecule has 446 valence electrons. The molecule has 75 heavy (non-hydrogen) atoms.